The Kier molecular flexibility index (Phi) is 7.25. The van der Waals surface area contributed by atoms with Gasteiger partial charge in [0.1, 0.15) is 0 Å². The van der Waals surface area contributed by atoms with Crippen molar-refractivity contribution in [3.05, 3.63) is 0 Å². The van der Waals surface area contributed by atoms with Gasteiger partial charge in [-0.25, -0.2) is 0 Å². The van der Waals surface area contributed by atoms with E-state index >= 15 is 0 Å². The van der Waals surface area contributed by atoms with Crippen LogP contribution < -0.4 is 0 Å². The van der Waals surface area contributed by atoms with Crippen LogP contribution in [0.3, 0.4) is 0 Å². The summed E-state index contributed by atoms with van der Waals surface area (Å²) in [5.74, 6) is 0.756. The van der Waals surface area contributed by atoms with E-state index in [0.717, 1.165) is 32.0 Å². The zero-order valence-corrected chi connectivity index (χ0v) is 12.1. The maximum Gasteiger partial charge on any atom is 0.0600 e. The summed E-state index contributed by atoms with van der Waals surface area (Å²) in [5, 5.41) is 9.99. The number of nitrogens with zero attached hydrogens (tertiary/aromatic N) is 1. The minimum atomic E-state index is -0.196. The molecule has 0 bridgehead atoms. The average Bonchev–Trinajstić information content (AvgIpc) is 2.21. The molecule has 0 aliphatic carbocycles. The molecular weight excluding hydrogens is 198 g/mol. The van der Waals surface area contributed by atoms with Gasteiger partial charge in [-0.15, -0.1) is 0 Å². The van der Waals surface area contributed by atoms with E-state index in [2.05, 4.69) is 46.4 Å². The van der Waals surface area contributed by atoms with E-state index in [1.165, 1.54) is 6.42 Å². The van der Waals surface area contributed by atoms with Crippen LogP contribution >= 0.6 is 0 Å². The SMILES string of the molecule is CCC(C)CN(CC)CCC(O)C(C)(C)C. The van der Waals surface area contributed by atoms with Gasteiger partial charge in [0.05, 0.1) is 6.10 Å². The van der Waals surface area contributed by atoms with Gasteiger partial charge in [0, 0.05) is 13.1 Å². The highest BCUT2D eigenvalue weighted by Gasteiger charge is 2.22. The van der Waals surface area contributed by atoms with E-state index in [1.54, 1.807) is 0 Å². The average molecular weight is 229 g/mol. The van der Waals surface area contributed by atoms with Crippen molar-refractivity contribution in [2.24, 2.45) is 11.3 Å². The smallest absolute Gasteiger partial charge is 0.0600 e. The molecule has 0 heterocycles. The molecule has 0 amide bonds. The molecule has 0 aromatic rings. The number of aliphatic hydroxyl groups excluding tert-OH is 1. The van der Waals surface area contributed by atoms with Crippen molar-refractivity contribution in [2.75, 3.05) is 19.6 Å². The van der Waals surface area contributed by atoms with Crippen molar-refractivity contribution in [1.82, 2.24) is 4.90 Å². The van der Waals surface area contributed by atoms with Gasteiger partial charge in [0.15, 0.2) is 0 Å². The molecule has 2 unspecified atom stereocenters. The quantitative estimate of drug-likeness (QED) is 0.725. The van der Waals surface area contributed by atoms with Gasteiger partial charge in [0.25, 0.3) is 0 Å². The van der Waals surface area contributed by atoms with Gasteiger partial charge in [-0.2, -0.15) is 0 Å². The van der Waals surface area contributed by atoms with Crippen molar-refractivity contribution in [3.8, 4) is 0 Å². The maximum atomic E-state index is 9.99. The van der Waals surface area contributed by atoms with E-state index in [4.69, 9.17) is 0 Å². The third-order valence-corrected chi connectivity index (χ3v) is 3.43. The Hall–Kier alpha value is -0.0800. The van der Waals surface area contributed by atoms with Crippen LogP contribution in [-0.4, -0.2) is 35.7 Å². The van der Waals surface area contributed by atoms with E-state index in [1.807, 2.05) is 0 Å². The van der Waals surface area contributed by atoms with Crippen LogP contribution in [0.2, 0.25) is 0 Å². The summed E-state index contributed by atoms with van der Waals surface area (Å²) in [4.78, 5) is 2.45. The summed E-state index contributed by atoms with van der Waals surface area (Å²) in [5.41, 5.74) is 0.00971. The first-order valence-corrected chi connectivity index (χ1v) is 6.71. The standard InChI is InChI=1S/C14H31NO/c1-7-12(3)11-15(8-2)10-9-13(16)14(4,5)6/h12-13,16H,7-11H2,1-6H3. The fourth-order valence-corrected chi connectivity index (χ4v) is 1.69. The van der Waals surface area contributed by atoms with E-state index in [9.17, 15) is 5.11 Å². The summed E-state index contributed by atoms with van der Waals surface area (Å²) < 4.78 is 0. The van der Waals surface area contributed by atoms with Gasteiger partial charge in [0.2, 0.25) is 0 Å². The molecule has 1 N–H and O–H groups in total. The van der Waals surface area contributed by atoms with Crippen LogP contribution in [0.1, 0.15) is 54.4 Å². The largest absolute Gasteiger partial charge is 0.393 e. The number of aliphatic hydroxyl groups is 1. The first-order chi connectivity index (χ1) is 7.31. The molecule has 0 spiro atoms. The highest BCUT2D eigenvalue weighted by atomic mass is 16.3. The minimum absolute atomic E-state index is 0.00971. The molecule has 0 rings (SSSR count). The summed E-state index contributed by atoms with van der Waals surface area (Å²) >= 11 is 0. The lowest BCUT2D eigenvalue weighted by Gasteiger charge is -2.29. The fourth-order valence-electron chi connectivity index (χ4n) is 1.69. The van der Waals surface area contributed by atoms with Crippen molar-refractivity contribution in [2.45, 2.75) is 60.5 Å². The lowest BCUT2D eigenvalue weighted by atomic mass is 9.87. The van der Waals surface area contributed by atoms with E-state index in [0.29, 0.717) is 0 Å². The molecule has 0 aliphatic rings. The Morgan fingerprint density at radius 3 is 2.12 bits per heavy atom. The molecule has 2 heteroatoms. The van der Waals surface area contributed by atoms with E-state index in [-0.39, 0.29) is 11.5 Å². The summed E-state index contributed by atoms with van der Waals surface area (Å²) in [7, 11) is 0. The second kappa shape index (κ2) is 7.29. The first-order valence-electron chi connectivity index (χ1n) is 6.71. The zero-order chi connectivity index (χ0) is 12.8. The molecule has 98 valence electrons. The number of hydrogen-bond donors (Lipinski definition) is 1. The fraction of sp³-hybridized carbons (Fsp3) is 1.00. The first kappa shape index (κ1) is 15.9. The lowest BCUT2D eigenvalue weighted by molar-refractivity contribution is 0.0447. The molecule has 2 atom stereocenters. The van der Waals surface area contributed by atoms with Crippen LogP contribution in [-0.2, 0) is 0 Å². The molecule has 0 aromatic carbocycles. The molecule has 0 aromatic heterocycles. The van der Waals surface area contributed by atoms with Crippen molar-refractivity contribution < 1.29 is 5.11 Å². The second-order valence-electron chi connectivity index (χ2n) is 6.08. The summed E-state index contributed by atoms with van der Waals surface area (Å²) in [6.07, 6.45) is 1.92. The van der Waals surface area contributed by atoms with Crippen molar-refractivity contribution in [1.29, 1.82) is 0 Å². The maximum absolute atomic E-state index is 9.99. The Bertz CT molecular complexity index is 174. The third-order valence-electron chi connectivity index (χ3n) is 3.43. The number of hydrogen-bond acceptors (Lipinski definition) is 2. The molecule has 0 saturated heterocycles. The summed E-state index contributed by atoms with van der Waals surface area (Å²) in [6.45, 7) is 16.3. The van der Waals surface area contributed by atoms with Crippen molar-refractivity contribution >= 4 is 0 Å². The molecule has 0 aliphatic heterocycles. The van der Waals surface area contributed by atoms with Crippen LogP contribution in [0.4, 0.5) is 0 Å². The third kappa shape index (κ3) is 6.49. The van der Waals surface area contributed by atoms with Crippen LogP contribution in [0.25, 0.3) is 0 Å². The molecule has 2 nitrogen and oxygen atoms in total. The Morgan fingerprint density at radius 2 is 1.75 bits per heavy atom. The zero-order valence-electron chi connectivity index (χ0n) is 12.1. The predicted molar refractivity (Wildman–Crippen MR) is 71.6 cm³/mol. The molecule has 0 saturated carbocycles. The normalized spacial score (nSPS) is 16.5. The minimum Gasteiger partial charge on any atom is -0.393 e. The van der Waals surface area contributed by atoms with Crippen molar-refractivity contribution in [3.63, 3.8) is 0 Å². The van der Waals surface area contributed by atoms with Gasteiger partial charge in [-0.05, 0) is 24.3 Å². The number of rotatable bonds is 7. The highest BCUT2D eigenvalue weighted by Crippen LogP contribution is 2.21. The monoisotopic (exact) mass is 229 g/mol. The van der Waals surface area contributed by atoms with Crippen LogP contribution in [0.5, 0.6) is 0 Å². The molecule has 16 heavy (non-hydrogen) atoms. The van der Waals surface area contributed by atoms with Gasteiger partial charge < -0.3 is 10.0 Å². The topological polar surface area (TPSA) is 23.5 Å². The van der Waals surface area contributed by atoms with E-state index < -0.39 is 0 Å². The molecule has 0 radical (unpaired) electrons. The molecular formula is C14H31NO. The Morgan fingerprint density at radius 1 is 1.19 bits per heavy atom. The van der Waals surface area contributed by atoms with Gasteiger partial charge >= 0.3 is 0 Å². The Balaban J connectivity index is 3.96. The second-order valence-corrected chi connectivity index (χ2v) is 6.08. The summed E-state index contributed by atoms with van der Waals surface area (Å²) in [6, 6.07) is 0. The van der Waals surface area contributed by atoms with Gasteiger partial charge in [-0.1, -0.05) is 48.0 Å². The van der Waals surface area contributed by atoms with Gasteiger partial charge in [-0.3, -0.25) is 0 Å². The predicted octanol–water partition coefficient (Wildman–Crippen LogP) is 3.15. The highest BCUT2D eigenvalue weighted by molar-refractivity contribution is 4.74. The van der Waals surface area contributed by atoms with Crippen LogP contribution in [0.15, 0.2) is 0 Å². The lowest BCUT2D eigenvalue weighted by Crippen LogP contribution is -2.34. The molecule has 0 fully saturated rings. The van der Waals surface area contributed by atoms with Crippen LogP contribution in [0, 0.1) is 11.3 Å². The Labute approximate surface area is 102 Å².